The molecule has 0 saturated carbocycles. The molecule has 0 spiro atoms. The smallest absolute Gasteiger partial charge is 0.379 e. The van der Waals surface area contributed by atoms with E-state index in [1.165, 1.54) is 0 Å². The summed E-state index contributed by atoms with van der Waals surface area (Å²) in [4.78, 5) is 31.1. The number of benzene rings is 2. The molecule has 35 heavy (non-hydrogen) atoms. The number of alkyl halides is 3. The number of pyridine rings is 1. The molecule has 12 heteroatoms. The van der Waals surface area contributed by atoms with Gasteiger partial charge in [0.1, 0.15) is 17.8 Å². The van der Waals surface area contributed by atoms with Crippen molar-refractivity contribution in [1.82, 2.24) is 19.9 Å². The third-order valence-electron chi connectivity index (χ3n) is 5.19. The fourth-order valence-electron chi connectivity index (χ4n) is 3.41. The van der Waals surface area contributed by atoms with Crippen LogP contribution in [-0.4, -0.2) is 31.9 Å². The lowest BCUT2D eigenvalue weighted by molar-refractivity contribution is -0.384. The molecule has 1 amide bonds. The second-order valence-electron chi connectivity index (χ2n) is 7.57. The van der Waals surface area contributed by atoms with Crippen molar-refractivity contribution >= 4 is 28.3 Å². The first-order valence-electron chi connectivity index (χ1n) is 10.5. The Bertz CT molecular complexity index is 1370. The number of nitro benzene ring substituents is 1. The minimum absolute atomic E-state index is 0.00291. The monoisotopic (exact) mass is 484 g/mol. The molecule has 0 unspecified atom stereocenters. The predicted molar refractivity (Wildman–Crippen MR) is 122 cm³/mol. The number of nitro groups is 1. The fraction of sp³-hybridized carbons (Fsp3) is 0.174. The zero-order valence-electron chi connectivity index (χ0n) is 18.1. The largest absolute Gasteiger partial charge is 0.416 e. The highest BCUT2D eigenvalue weighted by Crippen LogP contribution is 2.34. The number of anilines is 1. The van der Waals surface area contributed by atoms with Gasteiger partial charge >= 0.3 is 6.18 Å². The lowest BCUT2D eigenvalue weighted by Gasteiger charge is -2.11. The zero-order valence-corrected chi connectivity index (χ0v) is 18.1. The number of aromatic nitrogens is 3. The molecule has 0 aliphatic heterocycles. The number of carbonyl (C=O) groups excluding carboxylic acids is 1. The minimum Gasteiger partial charge on any atom is -0.379 e. The van der Waals surface area contributed by atoms with Crippen molar-refractivity contribution in [2.24, 2.45) is 0 Å². The van der Waals surface area contributed by atoms with E-state index < -0.39 is 22.4 Å². The Morgan fingerprint density at radius 3 is 2.60 bits per heavy atom. The van der Waals surface area contributed by atoms with Gasteiger partial charge in [-0.1, -0.05) is 18.2 Å². The summed E-state index contributed by atoms with van der Waals surface area (Å²) in [5.41, 5.74) is 0.605. The first-order chi connectivity index (χ1) is 16.7. The van der Waals surface area contributed by atoms with Gasteiger partial charge in [0.25, 0.3) is 5.69 Å². The van der Waals surface area contributed by atoms with E-state index in [1.54, 1.807) is 18.6 Å². The molecule has 0 fully saturated rings. The van der Waals surface area contributed by atoms with E-state index in [-0.39, 0.29) is 31.1 Å². The molecule has 2 aromatic heterocycles. The molecule has 0 aliphatic carbocycles. The molecule has 0 radical (unpaired) electrons. The number of fused-ring (bicyclic) bond motifs is 1. The Hall–Kier alpha value is -4.48. The van der Waals surface area contributed by atoms with E-state index in [0.29, 0.717) is 11.9 Å². The highest BCUT2D eigenvalue weighted by Gasteiger charge is 2.33. The van der Waals surface area contributed by atoms with Crippen LogP contribution in [0.4, 0.5) is 24.5 Å². The maximum Gasteiger partial charge on any atom is 0.416 e. The number of rotatable bonds is 8. The SMILES string of the molecule is O=C(CCNc1ccc(C(F)(F)F)cc1[N+](=O)[O-])NCc1ccc(-n2cnc3ccccc32)nc1. The van der Waals surface area contributed by atoms with E-state index >= 15 is 0 Å². The van der Waals surface area contributed by atoms with Crippen LogP contribution >= 0.6 is 0 Å². The lowest BCUT2D eigenvalue weighted by Crippen LogP contribution is -2.25. The Kier molecular flexibility index (Phi) is 6.62. The molecule has 2 heterocycles. The van der Waals surface area contributed by atoms with Crippen LogP contribution in [0.3, 0.4) is 0 Å². The van der Waals surface area contributed by atoms with Gasteiger partial charge in [-0.3, -0.25) is 19.5 Å². The maximum absolute atomic E-state index is 12.8. The predicted octanol–water partition coefficient (Wildman–Crippen LogP) is 4.47. The number of imidazole rings is 1. The van der Waals surface area contributed by atoms with E-state index in [0.717, 1.165) is 28.7 Å². The van der Waals surface area contributed by atoms with Crippen LogP contribution in [0.25, 0.3) is 16.9 Å². The van der Waals surface area contributed by atoms with Crippen LogP contribution in [0, 0.1) is 10.1 Å². The molecule has 4 rings (SSSR count). The number of halogens is 3. The Morgan fingerprint density at radius 1 is 1.09 bits per heavy atom. The molecule has 2 aromatic carbocycles. The lowest BCUT2D eigenvalue weighted by atomic mass is 10.1. The summed E-state index contributed by atoms with van der Waals surface area (Å²) < 4.78 is 40.2. The van der Waals surface area contributed by atoms with Crippen molar-refractivity contribution in [2.45, 2.75) is 19.1 Å². The van der Waals surface area contributed by atoms with Crippen LogP contribution in [0.2, 0.25) is 0 Å². The molecule has 180 valence electrons. The van der Waals surface area contributed by atoms with Gasteiger partial charge in [0, 0.05) is 31.8 Å². The van der Waals surface area contributed by atoms with Crippen molar-refractivity contribution in [3.63, 3.8) is 0 Å². The maximum atomic E-state index is 12.8. The number of amides is 1. The first kappa shape index (κ1) is 23.7. The normalized spacial score (nSPS) is 11.4. The third-order valence-corrected chi connectivity index (χ3v) is 5.19. The summed E-state index contributed by atoms with van der Waals surface area (Å²) in [7, 11) is 0. The molecular formula is C23H19F3N6O3. The molecule has 4 aromatic rings. The Balaban J connectivity index is 1.29. The van der Waals surface area contributed by atoms with E-state index in [9.17, 15) is 28.1 Å². The standard InChI is InChI=1S/C23H19F3N6O3/c24-23(25,26)16-6-7-18(20(11-16)32(34)35)27-10-9-22(33)29-13-15-5-8-21(28-12-15)31-14-30-17-3-1-2-4-19(17)31/h1-8,11-12,14,27H,9-10,13H2,(H,29,33). The summed E-state index contributed by atoms with van der Waals surface area (Å²) in [6.45, 7) is 0.222. The zero-order chi connectivity index (χ0) is 25.0. The molecular weight excluding hydrogens is 465 g/mol. The number of nitrogens with zero attached hydrogens (tertiary/aromatic N) is 4. The van der Waals surface area contributed by atoms with Gasteiger partial charge in [-0.05, 0) is 35.9 Å². The second kappa shape index (κ2) is 9.79. The molecule has 0 atom stereocenters. The third kappa shape index (κ3) is 5.54. The molecule has 0 bridgehead atoms. The van der Waals surface area contributed by atoms with Crippen LogP contribution < -0.4 is 10.6 Å². The number of hydrogen-bond acceptors (Lipinski definition) is 6. The average Bonchev–Trinajstić information content (AvgIpc) is 3.26. The summed E-state index contributed by atoms with van der Waals surface area (Å²) >= 11 is 0. The quantitative estimate of drug-likeness (QED) is 0.282. The first-order valence-corrected chi connectivity index (χ1v) is 10.5. The van der Waals surface area contributed by atoms with Gasteiger partial charge in [-0.15, -0.1) is 0 Å². The fourth-order valence-corrected chi connectivity index (χ4v) is 3.41. The summed E-state index contributed by atoms with van der Waals surface area (Å²) in [6, 6.07) is 13.5. The number of carbonyl (C=O) groups is 1. The molecule has 2 N–H and O–H groups in total. The number of para-hydroxylation sites is 2. The Morgan fingerprint density at radius 2 is 1.89 bits per heavy atom. The number of hydrogen-bond donors (Lipinski definition) is 2. The van der Waals surface area contributed by atoms with Gasteiger partial charge < -0.3 is 10.6 Å². The molecule has 9 nitrogen and oxygen atoms in total. The van der Waals surface area contributed by atoms with Crippen LogP contribution in [0.15, 0.2) is 67.1 Å². The van der Waals surface area contributed by atoms with Gasteiger partial charge in [0.2, 0.25) is 5.91 Å². The van der Waals surface area contributed by atoms with Gasteiger partial charge in [0.05, 0.1) is 21.5 Å². The number of nitrogens with one attached hydrogen (secondary N) is 2. The van der Waals surface area contributed by atoms with Gasteiger partial charge in [-0.2, -0.15) is 13.2 Å². The van der Waals surface area contributed by atoms with Crippen molar-refractivity contribution < 1.29 is 22.9 Å². The van der Waals surface area contributed by atoms with Crippen LogP contribution in [0.1, 0.15) is 17.5 Å². The average molecular weight is 484 g/mol. The van der Waals surface area contributed by atoms with E-state index in [4.69, 9.17) is 0 Å². The highest BCUT2D eigenvalue weighted by molar-refractivity contribution is 5.77. The topological polar surface area (TPSA) is 115 Å². The van der Waals surface area contributed by atoms with E-state index in [2.05, 4.69) is 20.6 Å². The van der Waals surface area contributed by atoms with Crippen molar-refractivity contribution in [3.8, 4) is 5.82 Å². The van der Waals surface area contributed by atoms with Gasteiger partial charge in [-0.25, -0.2) is 9.97 Å². The summed E-state index contributed by atoms with van der Waals surface area (Å²) in [5.74, 6) is 0.341. The second-order valence-corrected chi connectivity index (χ2v) is 7.57. The highest BCUT2D eigenvalue weighted by atomic mass is 19.4. The van der Waals surface area contributed by atoms with Crippen molar-refractivity contribution in [3.05, 3.63) is 88.4 Å². The van der Waals surface area contributed by atoms with Crippen LogP contribution in [-0.2, 0) is 17.5 Å². The molecule has 0 saturated heterocycles. The van der Waals surface area contributed by atoms with E-state index in [1.807, 2.05) is 34.9 Å². The van der Waals surface area contributed by atoms with Crippen molar-refractivity contribution in [2.75, 3.05) is 11.9 Å². The minimum atomic E-state index is -4.69. The van der Waals surface area contributed by atoms with Crippen molar-refractivity contribution in [1.29, 1.82) is 0 Å². The molecule has 0 aliphatic rings. The Labute approximate surface area is 196 Å². The van der Waals surface area contributed by atoms with Crippen LogP contribution in [0.5, 0.6) is 0 Å². The van der Waals surface area contributed by atoms with Gasteiger partial charge in [0.15, 0.2) is 0 Å². The summed E-state index contributed by atoms with van der Waals surface area (Å²) in [6.07, 6.45) is -1.41. The summed E-state index contributed by atoms with van der Waals surface area (Å²) in [5, 5.41) is 16.5.